The Balaban J connectivity index is 1.67. The van der Waals surface area contributed by atoms with E-state index in [1.807, 2.05) is 13.0 Å². The van der Waals surface area contributed by atoms with Gasteiger partial charge in [-0.15, -0.1) is 0 Å². The zero-order valence-electron chi connectivity index (χ0n) is 16.3. The number of ether oxygens (including phenoxy) is 2. The van der Waals surface area contributed by atoms with Crippen molar-refractivity contribution in [3.63, 3.8) is 0 Å². The summed E-state index contributed by atoms with van der Waals surface area (Å²) in [5.41, 5.74) is 1.33. The third-order valence-electron chi connectivity index (χ3n) is 4.39. The fourth-order valence-corrected chi connectivity index (χ4v) is 4.39. The molecule has 0 radical (unpaired) electrons. The second-order valence-corrected chi connectivity index (χ2v) is 8.56. The number of carbonyl (C=O) groups excluding carboxylic acids is 2. The summed E-state index contributed by atoms with van der Waals surface area (Å²) in [7, 11) is -4.13. The van der Waals surface area contributed by atoms with E-state index in [0.717, 1.165) is 28.1 Å². The summed E-state index contributed by atoms with van der Waals surface area (Å²) in [5.74, 6) is -2.47. The number of amides is 1. The Bertz CT molecular complexity index is 1050. The van der Waals surface area contributed by atoms with E-state index in [9.17, 15) is 22.4 Å². The third-order valence-corrected chi connectivity index (χ3v) is 6.30. The Morgan fingerprint density at radius 2 is 1.90 bits per heavy atom. The Morgan fingerprint density at radius 3 is 2.60 bits per heavy atom. The minimum Gasteiger partial charge on any atom is -0.452 e. The average molecular weight is 436 g/mol. The molecule has 0 aliphatic carbocycles. The topological polar surface area (TPSA) is 102 Å². The molecule has 0 saturated carbocycles. The molecule has 1 N–H and O–H groups in total. The largest absolute Gasteiger partial charge is 0.452 e. The molecule has 1 heterocycles. The van der Waals surface area contributed by atoms with Gasteiger partial charge in [0.25, 0.3) is 5.91 Å². The molecule has 0 spiro atoms. The fourth-order valence-electron chi connectivity index (χ4n) is 2.89. The number of carbonyl (C=O) groups is 2. The van der Waals surface area contributed by atoms with E-state index >= 15 is 0 Å². The number of sulfonamides is 1. The van der Waals surface area contributed by atoms with Crippen LogP contribution in [0.4, 0.5) is 10.1 Å². The van der Waals surface area contributed by atoms with Gasteiger partial charge in [0.1, 0.15) is 10.7 Å². The van der Waals surface area contributed by atoms with E-state index in [1.165, 1.54) is 0 Å². The molecule has 1 saturated heterocycles. The van der Waals surface area contributed by atoms with Crippen molar-refractivity contribution in [2.45, 2.75) is 11.8 Å². The number of halogens is 1. The van der Waals surface area contributed by atoms with E-state index in [-0.39, 0.29) is 31.9 Å². The Morgan fingerprint density at radius 1 is 1.17 bits per heavy atom. The molecule has 2 aromatic carbocycles. The number of hydrogen-bond acceptors (Lipinski definition) is 6. The van der Waals surface area contributed by atoms with Gasteiger partial charge in [-0.1, -0.05) is 12.1 Å². The first-order valence-electron chi connectivity index (χ1n) is 9.18. The van der Waals surface area contributed by atoms with Crippen molar-refractivity contribution >= 4 is 27.6 Å². The maximum absolute atomic E-state index is 14.2. The summed E-state index contributed by atoms with van der Waals surface area (Å²) in [4.78, 5) is 23.6. The normalized spacial score (nSPS) is 14.9. The first-order chi connectivity index (χ1) is 14.3. The summed E-state index contributed by atoms with van der Waals surface area (Å²) in [6.45, 7) is 1.89. The lowest BCUT2D eigenvalue weighted by Gasteiger charge is -2.26. The number of anilines is 1. The highest BCUT2D eigenvalue weighted by molar-refractivity contribution is 7.89. The summed E-state index contributed by atoms with van der Waals surface area (Å²) >= 11 is 0. The molecular weight excluding hydrogens is 415 g/mol. The van der Waals surface area contributed by atoms with Crippen LogP contribution in [0.25, 0.3) is 0 Å². The van der Waals surface area contributed by atoms with Crippen LogP contribution in [-0.4, -0.2) is 57.5 Å². The number of morpholine rings is 1. The van der Waals surface area contributed by atoms with Crippen molar-refractivity contribution in [3.8, 4) is 0 Å². The number of benzene rings is 2. The summed E-state index contributed by atoms with van der Waals surface area (Å²) < 4.78 is 50.8. The molecule has 0 aromatic heterocycles. The minimum absolute atomic E-state index is 0.0928. The average Bonchev–Trinajstić information content (AvgIpc) is 2.73. The molecule has 10 heteroatoms. The van der Waals surface area contributed by atoms with Crippen molar-refractivity contribution in [3.05, 3.63) is 59.4 Å². The summed E-state index contributed by atoms with van der Waals surface area (Å²) in [6, 6.07) is 9.99. The van der Waals surface area contributed by atoms with Gasteiger partial charge < -0.3 is 14.8 Å². The number of nitrogens with zero attached hydrogens (tertiary/aromatic N) is 1. The first-order valence-corrected chi connectivity index (χ1v) is 10.6. The van der Waals surface area contributed by atoms with E-state index in [0.29, 0.717) is 5.69 Å². The fraction of sp³-hybridized carbons (Fsp3) is 0.300. The Labute approximate surface area is 173 Å². The van der Waals surface area contributed by atoms with Crippen LogP contribution in [0.1, 0.15) is 15.9 Å². The lowest BCUT2D eigenvalue weighted by atomic mass is 10.2. The van der Waals surface area contributed by atoms with E-state index in [1.54, 1.807) is 18.2 Å². The summed E-state index contributed by atoms with van der Waals surface area (Å²) in [5, 5.41) is 2.59. The Hall–Kier alpha value is -2.82. The molecular formula is C20H21FN2O6S. The lowest BCUT2D eigenvalue weighted by Crippen LogP contribution is -2.41. The van der Waals surface area contributed by atoms with Crippen molar-refractivity contribution in [1.29, 1.82) is 0 Å². The molecule has 0 unspecified atom stereocenters. The standard InChI is InChI=1S/C20H21FN2O6S/c1-14-3-2-4-16(11-14)22-19(24)13-29-20(25)15-5-6-17(21)18(12-15)30(26,27)23-7-9-28-10-8-23/h2-6,11-12H,7-10,13H2,1H3,(H,22,24). The zero-order chi connectivity index (χ0) is 21.7. The van der Waals surface area contributed by atoms with Gasteiger partial charge in [0.2, 0.25) is 10.0 Å². The van der Waals surface area contributed by atoms with E-state index in [4.69, 9.17) is 9.47 Å². The molecule has 1 amide bonds. The van der Waals surface area contributed by atoms with Gasteiger partial charge in [0.05, 0.1) is 18.8 Å². The molecule has 1 aliphatic heterocycles. The second kappa shape index (κ2) is 9.33. The van der Waals surface area contributed by atoms with Crippen LogP contribution in [0.3, 0.4) is 0 Å². The van der Waals surface area contributed by atoms with Gasteiger partial charge in [0, 0.05) is 18.8 Å². The number of rotatable bonds is 6. The minimum atomic E-state index is -4.13. The van der Waals surface area contributed by atoms with Crippen molar-refractivity contribution in [2.75, 3.05) is 38.2 Å². The summed E-state index contributed by atoms with van der Waals surface area (Å²) in [6.07, 6.45) is 0. The number of hydrogen-bond donors (Lipinski definition) is 1. The highest BCUT2D eigenvalue weighted by atomic mass is 32.2. The quantitative estimate of drug-likeness (QED) is 0.695. The molecule has 1 fully saturated rings. The van der Waals surface area contributed by atoms with Crippen LogP contribution in [0.2, 0.25) is 0 Å². The molecule has 2 aromatic rings. The smallest absolute Gasteiger partial charge is 0.338 e. The monoisotopic (exact) mass is 436 g/mol. The van der Waals surface area contributed by atoms with Crippen LogP contribution in [0, 0.1) is 12.7 Å². The van der Waals surface area contributed by atoms with Crippen LogP contribution in [0.5, 0.6) is 0 Å². The molecule has 30 heavy (non-hydrogen) atoms. The molecule has 160 valence electrons. The van der Waals surface area contributed by atoms with Gasteiger partial charge in [-0.05, 0) is 42.8 Å². The first kappa shape index (κ1) is 21.9. The second-order valence-electron chi connectivity index (χ2n) is 6.66. The predicted octanol–water partition coefficient (Wildman–Crippen LogP) is 1.95. The van der Waals surface area contributed by atoms with Crippen LogP contribution < -0.4 is 5.32 Å². The number of nitrogens with one attached hydrogen (secondary N) is 1. The predicted molar refractivity (Wildman–Crippen MR) is 106 cm³/mol. The molecule has 0 bridgehead atoms. The van der Waals surface area contributed by atoms with E-state index in [2.05, 4.69) is 5.32 Å². The number of esters is 1. The SMILES string of the molecule is Cc1cccc(NC(=O)COC(=O)c2ccc(F)c(S(=O)(=O)N3CCOCC3)c2)c1. The molecule has 3 rings (SSSR count). The van der Waals surface area contributed by atoms with Crippen molar-refractivity contribution in [1.82, 2.24) is 4.31 Å². The van der Waals surface area contributed by atoms with Crippen LogP contribution in [-0.2, 0) is 24.3 Å². The maximum atomic E-state index is 14.2. The third kappa shape index (κ3) is 5.21. The molecule has 8 nitrogen and oxygen atoms in total. The van der Waals surface area contributed by atoms with Gasteiger partial charge >= 0.3 is 5.97 Å². The molecule has 1 aliphatic rings. The van der Waals surface area contributed by atoms with Crippen LogP contribution >= 0.6 is 0 Å². The zero-order valence-corrected chi connectivity index (χ0v) is 17.1. The number of aryl methyl sites for hydroxylation is 1. The van der Waals surface area contributed by atoms with Crippen molar-refractivity contribution in [2.24, 2.45) is 0 Å². The Kier molecular flexibility index (Phi) is 6.80. The van der Waals surface area contributed by atoms with Gasteiger partial charge in [-0.25, -0.2) is 17.6 Å². The highest BCUT2D eigenvalue weighted by Crippen LogP contribution is 2.22. The van der Waals surface area contributed by atoms with Crippen molar-refractivity contribution < 1.29 is 31.9 Å². The van der Waals surface area contributed by atoms with Gasteiger partial charge in [-0.3, -0.25) is 4.79 Å². The maximum Gasteiger partial charge on any atom is 0.338 e. The highest BCUT2D eigenvalue weighted by Gasteiger charge is 2.30. The lowest BCUT2D eigenvalue weighted by molar-refractivity contribution is -0.119. The van der Waals surface area contributed by atoms with Gasteiger partial charge in [-0.2, -0.15) is 4.31 Å². The van der Waals surface area contributed by atoms with E-state index < -0.39 is 39.2 Å². The molecule has 0 atom stereocenters. The van der Waals surface area contributed by atoms with Gasteiger partial charge in [0.15, 0.2) is 6.61 Å². The van der Waals surface area contributed by atoms with Crippen LogP contribution in [0.15, 0.2) is 47.4 Å².